The Kier molecular flexibility index (Phi) is 6.13. The molecule has 0 unspecified atom stereocenters. The fourth-order valence-electron chi connectivity index (χ4n) is 3.14. The Hall–Kier alpha value is -3.78. The first kappa shape index (κ1) is 21.5. The summed E-state index contributed by atoms with van der Waals surface area (Å²) in [5.74, 6) is -0.161. The van der Waals surface area contributed by atoms with Crippen LogP contribution >= 0.6 is 0 Å². The molecule has 0 aliphatic rings. The van der Waals surface area contributed by atoms with Crippen LogP contribution in [-0.4, -0.2) is 30.3 Å². The van der Waals surface area contributed by atoms with E-state index in [-0.39, 0.29) is 28.5 Å². The van der Waals surface area contributed by atoms with Crippen LogP contribution < -0.4 is 5.32 Å². The second-order valence-electron chi connectivity index (χ2n) is 7.15. The number of hydrogen-bond acceptors (Lipinski definition) is 6. The average Bonchev–Trinajstić information content (AvgIpc) is 3.29. The Morgan fingerprint density at radius 2 is 1.53 bits per heavy atom. The van der Waals surface area contributed by atoms with Crippen molar-refractivity contribution in [2.24, 2.45) is 0 Å². The normalized spacial score (nSPS) is 11.3. The van der Waals surface area contributed by atoms with Crippen molar-refractivity contribution in [3.8, 4) is 11.5 Å². The molecule has 4 rings (SSSR count). The highest BCUT2D eigenvalue weighted by Gasteiger charge is 2.15. The van der Waals surface area contributed by atoms with Crippen LogP contribution in [0.5, 0.6) is 0 Å². The van der Waals surface area contributed by atoms with Gasteiger partial charge in [0.05, 0.1) is 10.6 Å². The summed E-state index contributed by atoms with van der Waals surface area (Å²) in [6, 6.07) is 23.5. The summed E-state index contributed by atoms with van der Waals surface area (Å²) in [6.07, 6.45) is 0.786. The predicted molar refractivity (Wildman–Crippen MR) is 121 cm³/mol. The lowest BCUT2D eigenvalue weighted by molar-refractivity contribution is 0.102. The Labute approximate surface area is 186 Å². The molecule has 7 nitrogen and oxygen atoms in total. The summed E-state index contributed by atoms with van der Waals surface area (Å²) >= 11 is 0. The maximum Gasteiger partial charge on any atom is 0.322 e. The lowest BCUT2D eigenvalue weighted by Gasteiger charge is -2.04. The van der Waals surface area contributed by atoms with E-state index in [9.17, 15) is 13.2 Å². The Balaban J connectivity index is 1.41. The molecule has 0 saturated heterocycles. The number of rotatable bonds is 7. The van der Waals surface area contributed by atoms with Crippen LogP contribution in [0.4, 0.5) is 6.01 Å². The van der Waals surface area contributed by atoms with Gasteiger partial charge in [0.2, 0.25) is 5.89 Å². The van der Waals surface area contributed by atoms with E-state index in [1.807, 2.05) is 30.3 Å². The summed E-state index contributed by atoms with van der Waals surface area (Å²) in [7, 11) is -3.28. The second-order valence-corrected chi connectivity index (χ2v) is 9.43. The van der Waals surface area contributed by atoms with Gasteiger partial charge < -0.3 is 4.42 Å². The first-order valence-corrected chi connectivity index (χ1v) is 11.7. The highest BCUT2D eigenvalue weighted by Crippen LogP contribution is 2.22. The van der Waals surface area contributed by atoms with Crippen molar-refractivity contribution in [1.82, 2.24) is 10.2 Å². The van der Waals surface area contributed by atoms with E-state index in [0.717, 1.165) is 12.0 Å². The molecule has 1 N–H and O–H groups in total. The highest BCUT2D eigenvalue weighted by atomic mass is 32.2. The van der Waals surface area contributed by atoms with Gasteiger partial charge in [0.25, 0.3) is 5.91 Å². The molecule has 3 aromatic carbocycles. The van der Waals surface area contributed by atoms with Crippen LogP contribution in [0.15, 0.2) is 88.2 Å². The molecule has 1 heterocycles. The Bertz CT molecular complexity index is 1310. The first-order valence-electron chi connectivity index (χ1n) is 10.1. The summed E-state index contributed by atoms with van der Waals surface area (Å²) in [4.78, 5) is 12.7. The standard InChI is InChI=1S/C24H21N3O4S/c1-2-32(29,30)21-14-12-20(13-15-21)23-26-27-24(31-23)25-22(28)19-10-8-18(9-11-19)16-17-6-4-3-5-7-17/h3-15H,2,16H2,1H3,(H,25,27,28). The van der Waals surface area contributed by atoms with E-state index in [2.05, 4.69) is 27.6 Å². The summed E-state index contributed by atoms with van der Waals surface area (Å²) in [6.45, 7) is 1.59. The van der Waals surface area contributed by atoms with E-state index in [0.29, 0.717) is 11.1 Å². The van der Waals surface area contributed by atoms with Gasteiger partial charge in [0.1, 0.15) is 0 Å². The molecule has 0 saturated carbocycles. The van der Waals surface area contributed by atoms with Crippen LogP contribution in [0.2, 0.25) is 0 Å². The van der Waals surface area contributed by atoms with Gasteiger partial charge in [-0.25, -0.2) is 8.42 Å². The molecule has 0 bridgehead atoms. The SMILES string of the molecule is CCS(=O)(=O)c1ccc(-c2nnc(NC(=O)c3ccc(Cc4ccccc4)cc3)o2)cc1. The molecule has 1 amide bonds. The monoisotopic (exact) mass is 447 g/mol. The zero-order valence-electron chi connectivity index (χ0n) is 17.4. The average molecular weight is 448 g/mol. The van der Waals surface area contributed by atoms with Gasteiger partial charge >= 0.3 is 6.01 Å². The molecule has 0 aliphatic carbocycles. The van der Waals surface area contributed by atoms with E-state index in [1.165, 1.54) is 17.7 Å². The molecule has 0 atom stereocenters. The maximum absolute atomic E-state index is 12.5. The zero-order valence-corrected chi connectivity index (χ0v) is 18.2. The van der Waals surface area contributed by atoms with E-state index in [4.69, 9.17) is 4.42 Å². The number of aromatic nitrogens is 2. The van der Waals surface area contributed by atoms with Gasteiger partial charge in [-0.15, -0.1) is 5.10 Å². The number of nitrogens with zero attached hydrogens (tertiary/aromatic N) is 2. The van der Waals surface area contributed by atoms with Crippen LogP contribution in [-0.2, 0) is 16.3 Å². The van der Waals surface area contributed by atoms with Gasteiger partial charge in [-0.05, 0) is 53.9 Å². The van der Waals surface area contributed by atoms with Crippen LogP contribution in [0.3, 0.4) is 0 Å². The summed E-state index contributed by atoms with van der Waals surface area (Å²) in [5, 5.41) is 10.4. The quantitative estimate of drug-likeness (QED) is 0.451. The molecule has 0 fully saturated rings. The molecular formula is C24H21N3O4S. The molecular weight excluding hydrogens is 426 g/mol. The van der Waals surface area contributed by atoms with Crippen LogP contribution in [0, 0.1) is 0 Å². The molecule has 162 valence electrons. The Morgan fingerprint density at radius 1 is 0.875 bits per heavy atom. The lowest BCUT2D eigenvalue weighted by atomic mass is 10.0. The van der Waals surface area contributed by atoms with E-state index >= 15 is 0 Å². The molecule has 1 aromatic heterocycles. The lowest BCUT2D eigenvalue weighted by Crippen LogP contribution is -2.12. The minimum atomic E-state index is -3.28. The highest BCUT2D eigenvalue weighted by molar-refractivity contribution is 7.91. The van der Waals surface area contributed by atoms with Gasteiger partial charge in [0, 0.05) is 11.1 Å². The van der Waals surface area contributed by atoms with Gasteiger partial charge in [0.15, 0.2) is 9.84 Å². The first-order chi connectivity index (χ1) is 15.4. The van der Waals surface area contributed by atoms with E-state index in [1.54, 1.807) is 31.2 Å². The summed E-state index contributed by atoms with van der Waals surface area (Å²) < 4.78 is 29.4. The minimum absolute atomic E-state index is 0.0241. The van der Waals surface area contributed by atoms with Crippen molar-refractivity contribution in [3.63, 3.8) is 0 Å². The topological polar surface area (TPSA) is 102 Å². The molecule has 0 radical (unpaired) electrons. The van der Waals surface area contributed by atoms with Crippen molar-refractivity contribution < 1.29 is 17.6 Å². The second kappa shape index (κ2) is 9.15. The number of carbonyl (C=O) groups excluding carboxylic acids is 1. The van der Waals surface area contributed by atoms with Crippen molar-refractivity contribution >= 4 is 21.8 Å². The number of hydrogen-bond donors (Lipinski definition) is 1. The van der Waals surface area contributed by atoms with Crippen LogP contribution in [0.1, 0.15) is 28.4 Å². The van der Waals surface area contributed by atoms with Crippen molar-refractivity contribution in [2.75, 3.05) is 11.1 Å². The molecule has 0 aliphatic heterocycles. The summed E-state index contributed by atoms with van der Waals surface area (Å²) in [5.41, 5.74) is 3.32. The van der Waals surface area contributed by atoms with Gasteiger partial charge in [-0.3, -0.25) is 10.1 Å². The minimum Gasteiger partial charge on any atom is -0.403 e. The fraction of sp³-hybridized carbons (Fsp3) is 0.125. The molecule has 32 heavy (non-hydrogen) atoms. The third kappa shape index (κ3) is 4.92. The predicted octanol–water partition coefficient (Wildman–Crippen LogP) is 4.37. The van der Waals surface area contributed by atoms with Crippen molar-refractivity contribution in [1.29, 1.82) is 0 Å². The smallest absolute Gasteiger partial charge is 0.322 e. The number of amides is 1. The Morgan fingerprint density at radius 3 is 2.19 bits per heavy atom. The number of carbonyl (C=O) groups is 1. The number of sulfone groups is 1. The molecule has 4 aromatic rings. The number of nitrogens with one attached hydrogen (secondary N) is 1. The largest absolute Gasteiger partial charge is 0.403 e. The maximum atomic E-state index is 12.5. The van der Waals surface area contributed by atoms with Gasteiger partial charge in [-0.1, -0.05) is 54.5 Å². The third-order valence-corrected chi connectivity index (χ3v) is 6.70. The van der Waals surface area contributed by atoms with E-state index < -0.39 is 9.84 Å². The third-order valence-electron chi connectivity index (χ3n) is 4.95. The number of benzene rings is 3. The van der Waals surface area contributed by atoms with Crippen molar-refractivity contribution in [2.45, 2.75) is 18.2 Å². The number of anilines is 1. The zero-order chi connectivity index (χ0) is 22.6. The molecule has 8 heteroatoms. The van der Waals surface area contributed by atoms with Crippen LogP contribution in [0.25, 0.3) is 11.5 Å². The fourth-order valence-corrected chi connectivity index (χ4v) is 4.02. The van der Waals surface area contributed by atoms with Gasteiger partial charge in [-0.2, -0.15) is 0 Å². The van der Waals surface area contributed by atoms with Crippen molar-refractivity contribution in [3.05, 3.63) is 95.6 Å². The molecule has 0 spiro atoms.